The van der Waals surface area contributed by atoms with Crippen molar-refractivity contribution in [2.75, 3.05) is 6.61 Å². The molecule has 0 radical (unpaired) electrons. The van der Waals surface area contributed by atoms with Gasteiger partial charge in [-0.15, -0.1) is 0 Å². The Kier molecular flexibility index (Phi) is 7.43. The van der Waals surface area contributed by atoms with Crippen LogP contribution in [-0.2, 0) is 4.79 Å². The highest BCUT2D eigenvalue weighted by atomic mass is 127. The van der Waals surface area contributed by atoms with Crippen molar-refractivity contribution in [3.8, 4) is 5.75 Å². The van der Waals surface area contributed by atoms with E-state index in [0.29, 0.717) is 5.92 Å². The van der Waals surface area contributed by atoms with Crippen molar-refractivity contribution >= 4 is 50.6 Å². The first-order chi connectivity index (χ1) is 11.9. The summed E-state index contributed by atoms with van der Waals surface area (Å²) < 4.78 is 7.89. The molecule has 25 heavy (non-hydrogen) atoms. The van der Waals surface area contributed by atoms with E-state index >= 15 is 0 Å². The second kappa shape index (κ2) is 9.33. The number of amides is 1. The molecule has 1 amide bonds. The minimum atomic E-state index is -0.294. The molecule has 6 heteroatoms. The highest BCUT2D eigenvalue weighted by molar-refractivity contribution is 14.1. The fourth-order valence-corrected chi connectivity index (χ4v) is 2.87. The first kappa shape index (κ1) is 19.9. The lowest BCUT2D eigenvalue weighted by Crippen LogP contribution is -2.25. The van der Waals surface area contributed by atoms with Crippen molar-refractivity contribution in [3.05, 3.63) is 61.1 Å². The molecule has 0 aliphatic carbocycles. The van der Waals surface area contributed by atoms with Crippen LogP contribution in [0, 0.1) is 10.5 Å². The van der Waals surface area contributed by atoms with Gasteiger partial charge < -0.3 is 4.74 Å². The van der Waals surface area contributed by atoms with Crippen molar-refractivity contribution in [1.82, 2.24) is 5.43 Å². The normalized spacial score (nSPS) is 11.1. The number of hydrazone groups is 1. The van der Waals surface area contributed by atoms with Gasteiger partial charge in [0.1, 0.15) is 5.75 Å². The molecule has 0 spiro atoms. The van der Waals surface area contributed by atoms with Crippen molar-refractivity contribution < 1.29 is 9.53 Å². The molecule has 0 saturated carbocycles. The van der Waals surface area contributed by atoms with Crippen LogP contribution in [0.25, 0.3) is 0 Å². The van der Waals surface area contributed by atoms with Gasteiger partial charge in [0.05, 0.1) is 6.21 Å². The number of carbonyl (C=O) groups is 1. The zero-order valence-electron chi connectivity index (χ0n) is 14.3. The Bertz CT molecular complexity index is 774. The molecule has 0 heterocycles. The first-order valence-electron chi connectivity index (χ1n) is 7.87. The molecule has 0 bridgehead atoms. The maximum Gasteiger partial charge on any atom is 0.277 e. The van der Waals surface area contributed by atoms with Crippen LogP contribution in [-0.4, -0.2) is 18.7 Å². The van der Waals surface area contributed by atoms with Crippen LogP contribution >= 0.6 is 38.5 Å². The van der Waals surface area contributed by atoms with Crippen LogP contribution in [0.1, 0.15) is 36.5 Å². The Morgan fingerprint density at radius 2 is 2.00 bits per heavy atom. The molecule has 4 nitrogen and oxygen atoms in total. The van der Waals surface area contributed by atoms with Crippen molar-refractivity contribution in [2.45, 2.75) is 26.7 Å². The maximum atomic E-state index is 11.9. The van der Waals surface area contributed by atoms with Gasteiger partial charge in [0, 0.05) is 8.04 Å². The number of carbonyl (C=O) groups excluding carboxylic acids is 1. The summed E-state index contributed by atoms with van der Waals surface area (Å²) in [5.74, 6) is 0.735. The molecule has 0 atom stereocenters. The Labute approximate surface area is 170 Å². The van der Waals surface area contributed by atoms with Crippen LogP contribution in [0.4, 0.5) is 0 Å². The molecule has 1 N–H and O–H groups in total. The van der Waals surface area contributed by atoms with Crippen LogP contribution < -0.4 is 10.2 Å². The number of hydrogen-bond donors (Lipinski definition) is 1. The van der Waals surface area contributed by atoms with Crippen molar-refractivity contribution in [1.29, 1.82) is 0 Å². The van der Waals surface area contributed by atoms with Gasteiger partial charge in [0.15, 0.2) is 6.61 Å². The molecular weight excluding hydrogens is 495 g/mol. The monoisotopic (exact) mass is 514 g/mol. The lowest BCUT2D eigenvalue weighted by molar-refractivity contribution is -0.123. The van der Waals surface area contributed by atoms with Crippen LogP contribution in [0.5, 0.6) is 5.75 Å². The van der Waals surface area contributed by atoms with Gasteiger partial charge in [-0.25, -0.2) is 5.43 Å². The van der Waals surface area contributed by atoms with E-state index in [1.807, 2.05) is 43.3 Å². The molecule has 0 fully saturated rings. The lowest BCUT2D eigenvalue weighted by Gasteiger charge is -2.15. The summed E-state index contributed by atoms with van der Waals surface area (Å²) in [6.45, 7) is 6.10. The number of hydrogen-bond acceptors (Lipinski definition) is 3. The molecule has 0 unspecified atom stereocenters. The van der Waals surface area contributed by atoms with Gasteiger partial charge in [0.2, 0.25) is 0 Å². The number of rotatable bonds is 6. The van der Waals surface area contributed by atoms with Crippen molar-refractivity contribution in [2.24, 2.45) is 5.10 Å². The molecule has 0 aromatic heterocycles. The van der Waals surface area contributed by atoms with Crippen LogP contribution in [0.15, 0.2) is 46.0 Å². The molecule has 2 aromatic rings. The average molecular weight is 515 g/mol. The standard InChI is InChI=1S/C19H20BrIN2O2/c1-12(2)16-9-17(20)13(3)8-18(16)25-11-19(24)23-22-10-14-4-6-15(21)7-5-14/h4-10,12H,11H2,1-3H3,(H,23,24)/b22-10-. The zero-order chi connectivity index (χ0) is 18.4. The van der Waals surface area contributed by atoms with E-state index in [-0.39, 0.29) is 12.5 Å². The Balaban J connectivity index is 1.93. The fraction of sp³-hybridized carbons (Fsp3) is 0.263. The number of benzene rings is 2. The van der Waals surface area contributed by atoms with E-state index in [1.165, 1.54) is 0 Å². The van der Waals surface area contributed by atoms with E-state index in [1.54, 1.807) is 6.21 Å². The second-order valence-electron chi connectivity index (χ2n) is 5.93. The highest BCUT2D eigenvalue weighted by Gasteiger charge is 2.12. The van der Waals surface area contributed by atoms with Crippen LogP contribution in [0.3, 0.4) is 0 Å². The van der Waals surface area contributed by atoms with Gasteiger partial charge in [-0.1, -0.05) is 41.9 Å². The summed E-state index contributed by atoms with van der Waals surface area (Å²) in [4.78, 5) is 11.9. The summed E-state index contributed by atoms with van der Waals surface area (Å²) in [7, 11) is 0. The molecule has 0 saturated heterocycles. The third-order valence-corrected chi connectivity index (χ3v) is 5.12. The van der Waals surface area contributed by atoms with Crippen molar-refractivity contribution in [3.63, 3.8) is 0 Å². The summed E-state index contributed by atoms with van der Waals surface area (Å²) >= 11 is 5.77. The SMILES string of the molecule is Cc1cc(OCC(=O)N/N=C\c2ccc(I)cc2)c(C(C)C)cc1Br. The second-order valence-corrected chi connectivity index (χ2v) is 8.03. The van der Waals surface area contributed by atoms with Gasteiger partial charge in [0.25, 0.3) is 5.91 Å². The molecule has 2 rings (SSSR count). The Morgan fingerprint density at radius 3 is 2.64 bits per heavy atom. The summed E-state index contributed by atoms with van der Waals surface area (Å²) in [6, 6.07) is 11.8. The van der Waals surface area contributed by atoms with Gasteiger partial charge in [-0.3, -0.25) is 4.79 Å². The third kappa shape index (κ3) is 6.11. The third-order valence-electron chi connectivity index (χ3n) is 3.54. The van der Waals surface area contributed by atoms with E-state index in [0.717, 1.165) is 30.5 Å². The number of nitrogens with zero attached hydrogens (tertiary/aromatic N) is 1. The predicted molar refractivity (Wildman–Crippen MR) is 113 cm³/mol. The smallest absolute Gasteiger partial charge is 0.277 e. The number of ether oxygens (including phenoxy) is 1. The van der Waals surface area contributed by atoms with E-state index < -0.39 is 0 Å². The fourth-order valence-electron chi connectivity index (χ4n) is 2.15. The number of halogens is 2. The Hall–Kier alpha value is -1.41. The lowest BCUT2D eigenvalue weighted by atomic mass is 10.0. The predicted octanol–water partition coefficient (Wildman–Crippen LogP) is 5.01. The van der Waals surface area contributed by atoms with Gasteiger partial charge in [-0.2, -0.15) is 5.10 Å². The van der Waals surface area contributed by atoms with Gasteiger partial charge in [-0.05, 0) is 76.4 Å². The van der Waals surface area contributed by atoms with E-state index in [9.17, 15) is 4.79 Å². The summed E-state index contributed by atoms with van der Waals surface area (Å²) in [5.41, 5.74) is 5.54. The topological polar surface area (TPSA) is 50.7 Å². The summed E-state index contributed by atoms with van der Waals surface area (Å²) in [5, 5.41) is 3.96. The van der Waals surface area contributed by atoms with Crippen LogP contribution in [0.2, 0.25) is 0 Å². The number of aryl methyl sites for hydroxylation is 1. The van der Waals surface area contributed by atoms with E-state index in [2.05, 4.69) is 62.9 Å². The van der Waals surface area contributed by atoms with E-state index in [4.69, 9.17) is 4.74 Å². The minimum Gasteiger partial charge on any atom is -0.483 e. The first-order valence-corrected chi connectivity index (χ1v) is 9.74. The Morgan fingerprint density at radius 1 is 1.32 bits per heavy atom. The average Bonchev–Trinajstić information content (AvgIpc) is 2.57. The zero-order valence-corrected chi connectivity index (χ0v) is 18.1. The molecular formula is C19H20BrIN2O2. The minimum absolute atomic E-state index is 0.0786. The largest absolute Gasteiger partial charge is 0.483 e. The molecule has 2 aromatic carbocycles. The molecule has 132 valence electrons. The summed E-state index contributed by atoms with van der Waals surface area (Å²) in [6.07, 6.45) is 1.61. The maximum absolute atomic E-state index is 11.9. The highest BCUT2D eigenvalue weighted by Crippen LogP contribution is 2.32. The molecule has 0 aliphatic heterocycles. The molecule has 0 aliphatic rings. The number of nitrogens with one attached hydrogen (secondary N) is 1. The quantitative estimate of drug-likeness (QED) is 0.334. The van der Waals surface area contributed by atoms with Gasteiger partial charge >= 0.3 is 0 Å².